The molecule has 0 aliphatic carbocycles. The molecule has 1 rings (SSSR count). The van der Waals surface area contributed by atoms with Gasteiger partial charge in [0.1, 0.15) is 12.4 Å². The number of amides is 1. The van der Waals surface area contributed by atoms with Crippen LogP contribution in [-0.4, -0.2) is 41.8 Å². The Morgan fingerprint density at radius 3 is 3.06 bits per heavy atom. The van der Waals surface area contributed by atoms with Gasteiger partial charge in [0.25, 0.3) is 0 Å². The molecule has 0 aliphatic rings. The van der Waals surface area contributed by atoms with Gasteiger partial charge in [-0.05, 0) is 13.5 Å². The maximum Gasteiger partial charge on any atom is 0.240 e. The third-order valence-corrected chi connectivity index (χ3v) is 2.47. The topological polar surface area (TPSA) is 68.2 Å². The molecule has 0 saturated carbocycles. The molecule has 1 heterocycles. The number of hydrogen-bond acceptors (Lipinski definition) is 4. The minimum atomic E-state index is -0.0321. The van der Waals surface area contributed by atoms with Crippen LogP contribution in [0.15, 0.2) is 12.4 Å². The summed E-state index contributed by atoms with van der Waals surface area (Å²) in [4.78, 5) is 16.0. The third kappa shape index (κ3) is 4.85. The van der Waals surface area contributed by atoms with Crippen LogP contribution in [0.1, 0.15) is 19.7 Å². The third-order valence-electron chi connectivity index (χ3n) is 2.47. The fraction of sp³-hybridized carbons (Fsp3) is 0.667. The molecule has 0 aliphatic heterocycles. The number of nitrogens with one attached hydrogen (secondary N) is 2. The maximum atomic E-state index is 11.8. The van der Waals surface area contributed by atoms with Crippen LogP contribution in [0.2, 0.25) is 0 Å². The summed E-state index contributed by atoms with van der Waals surface area (Å²) < 4.78 is 6.82. The Hall–Kier alpha value is -1.40. The van der Waals surface area contributed by atoms with Gasteiger partial charge in [-0.25, -0.2) is 4.98 Å². The highest BCUT2D eigenvalue weighted by Crippen LogP contribution is 1.97. The molecule has 0 radical (unpaired) electrons. The fourth-order valence-corrected chi connectivity index (χ4v) is 1.65. The van der Waals surface area contributed by atoms with E-state index in [9.17, 15) is 4.79 Å². The lowest BCUT2D eigenvalue weighted by molar-refractivity contribution is -0.122. The van der Waals surface area contributed by atoms with Crippen LogP contribution in [0, 0.1) is 0 Å². The van der Waals surface area contributed by atoms with E-state index in [-0.39, 0.29) is 18.5 Å². The molecule has 18 heavy (non-hydrogen) atoms. The monoisotopic (exact) mass is 254 g/mol. The molecule has 2 N–H and O–H groups in total. The van der Waals surface area contributed by atoms with Crippen LogP contribution in [0.25, 0.3) is 0 Å². The highest BCUT2D eigenvalue weighted by molar-refractivity contribution is 5.76. The first-order valence-electron chi connectivity index (χ1n) is 6.16. The van der Waals surface area contributed by atoms with Crippen molar-refractivity contribution in [3.05, 3.63) is 18.2 Å². The second kappa shape index (κ2) is 7.84. The zero-order valence-corrected chi connectivity index (χ0v) is 11.3. The van der Waals surface area contributed by atoms with Crippen molar-refractivity contribution in [1.29, 1.82) is 0 Å². The van der Waals surface area contributed by atoms with Crippen molar-refractivity contribution in [3.63, 3.8) is 0 Å². The summed E-state index contributed by atoms with van der Waals surface area (Å²) in [6.07, 6.45) is 3.52. The van der Waals surface area contributed by atoms with Crippen LogP contribution < -0.4 is 10.6 Å². The molecule has 0 fully saturated rings. The summed E-state index contributed by atoms with van der Waals surface area (Å²) >= 11 is 0. The maximum absolute atomic E-state index is 11.8. The van der Waals surface area contributed by atoms with E-state index < -0.39 is 0 Å². The molecule has 6 heteroatoms. The van der Waals surface area contributed by atoms with Crippen LogP contribution >= 0.6 is 0 Å². The van der Waals surface area contributed by atoms with Crippen molar-refractivity contribution in [1.82, 2.24) is 20.2 Å². The van der Waals surface area contributed by atoms with E-state index in [1.54, 1.807) is 13.3 Å². The van der Waals surface area contributed by atoms with E-state index in [0.29, 0.717) is 13.2 Å². The first-order chi connectivity index (χ1) is 8.67. The molecule has 1 unspecified atom stereocenters. The average Bonchev–Trinajstić information content (AvgIpc) is 2.73. The van der Waals surface area contributed by atoms with Crippen molar-refractivity contribution in [2.75, 3.05) is 20.3 Å². The van der Waals surface area contributed by atoms with E-state index in [4.69, 9.17) is 4.74 Å². The van der Waals surface area contributed by atoms with Gasteiger partial charge in [-0.15, -0.1) is 0 Å². The lowest BCUT2D eigenvalue weighted by Gasteiger charge is -2.14. The number of carbonyl (C=O) groups is 1. The predicted molar refractivity (Wildman–Crippen MR) is 69.1 cm³/mol. The fourth-order valence-electron chi connectivity index (χ4n) is 1.65. The van der Waals surface area contributed by atoms with Gasteiger partial charge in [0.2, 0.25) is 5.91 Å². The van der Waals surface area contributed by atoms with Gasteiger partial charge in [0, 0.05) is 25.5 Å². The Morgan fingerprint density at radius 2 is 2.39 bits per heavy atom. The summed E-state index contributed by atoms with van der Waals surface area (Å²) in [6, 6.07) is 0.0169. The van der Waals surface area contributed by atoms with Crippen molar-refractivity contribution >= 4 is 5.91 Å². The Bertz CT molecular complexity index is 365. The van der Waals surface area contributed by atoms with Gasteiger partial charge in [-0.1, -0.05) is 6.92 Å². The average molecular weight is 254 g/mol. The zero-order valence-electron chi connectivity index (χ0n) is 11.3. The van der Waals surface area contributed by atoms with Crippen molar-refractivity contribution in [2.45, 2.75) is 33.0 Å². The lowest BCUT2D eigenvalue weighted by atomic mass is 10.3. The number of aromatic nitrogens is 2. The standard InChI is InChI=1S/C12H22N4O2/c1-4-13-7-11-14-5-6-16(11)8-12(17)15-10(2)9-18-3/h5-6,10,13H,4,7-9H2,1-3H3,(H,15,17). The zero-order chi connectivity index (χ0) is 13.4. The molecule has 1 amide bonds. The minimum Gasteiger partial charge on any atom is -0.383 e. The molecule has 0 aromatic carbocycles. The summed E-state index contributed by atoms with van der Waals surface area (Å²) in [7, 11) is 1.62. The Labute approximate surface area is 108 Å². The number of ether oxygens (including phenoxy) is 1. The van der Waals surface area contributed by atoms with Crippen molar-refractivity contribution < 1.29 is 9.53 Å². The molecule has 1 aromatic rings. The van der Waals surface area contributed by atoms with Gasteiger partial charge >= 0.3 is 0 Å². The van der Waals surface area contributed by atoms with Gasteiger partial charge in [-0.2, -0.15) is 0 Å². The van der Waals surface area contributed by atoms with Gasteiger partial charge in [0.15, 0.2) is 0 Å². The Balaban J connectivity index is 2.46. The van der Waals surface area contributed by atoms with Gasteiger partial charge in [-0.3, -0.25) is 4.79 Å². The molecule has 6 nitrogen and oxygen atoms in total. The van der Waals surface area contributed by atoms with E-state index in [1.807, 2.05) is 24.6 Å². The number of hydrogen-bond donors (Lipinski definition) is 2. The molecule has 0 bridgehead atoms. The van der Waals surface area contributed by atoms with Crippen LogP contribution in [-0.2, 0) is 22.6 Å². The molecule has 1 atom stereocenters. The highest BCUT2D eigenvalue weighted by Gasteiger charge is 2.10. The summed E-state index contributed by atoms with van der Waals surface area (Å²) in [5.41, 5.74) is 0. The second-order valence-electron chi connectivity index (χ2n) is 4.18. The minimum absolute atomic E-state index is 0.0169. The number of methoxy groups -OCH3 is 1. The predicted octanol–water partition coefficient (Wildman–Crippen LogP) is 0.144. The number of rotatable bonds is 8. The molecule has 102 valence electrons. The first kappa shape index (κ1) is 14.7. The van der Waals surface area contributed by atoms with Crippen LogP contribution in [0.5, 0.6) is 0 Å². The van der Waals surface area contributed by atoms with E-state index >= 15 is 0 Å². The highest BCUT2D eigenvalue weighted by atomic mass is 16.5. The Morgan fingerprint density at radius 1 is 1.61 bits per heavy atom. The number of imidazole rings is 1. The van der Waals surface area contributed by atoms with E-state index in [2.05, 4.69) is 15.6 Å². The smallest absolute Gasteiger partial charge is 0.240 e. The second-order valence-corrected chi connectivity index (χ2v) is 4.18. The van der Waals surface area contributed by atoms with Crippen LogP contribution in [0.4, 0.5) is 0 Å². The molecular weight excluding hydrogens is 232 g/mol. The van der Waals surface area contributed by atoms with Crippen LogP contribution in [0.3, 0.4) is 0 Å². The number of nitrogens with zero attached hydrogens (tertiary/aromatic N) is 2. The summed E-state index contributed by atoms with van der Waals surface area (Å²) in [5, 5.41) is 6.06. The molecule has 0 spiro atoms. The lowest BCUT2D eigenvalue weighted by Crippen LogP contribution is -2.38. The summed E-state index contributed by atoms with van der Waals surface area (Å²) in [5.74, 6) is 0.835. The van der Waals surface area contributed by atoms with E-state index in [1.165, 1.54) is 0 Å². The SMILES string of the molecule is CCNCc1nccn1CC(=O)NC(C)COC. The summed E-state index contributed by atoms with van der Waals surface area (Å²) in [6.45, 7) is 6.30. The van der Waals surface area contributed by atoms with Crippen molar-refractivity contribution in [2.24, 2.45) is 0 Å². The first-order valence-corrected chi connectivity index (χ1v) is 6.16. The largest absolute Gasteiger partial charge is 0.383 e. The van der Waals surface area contributed by atoms with Crippen molar-refractivity contribution in [3.8, 4) is 0 Å². The number of carbonyl (C=O) groups excluding carboxylic acids is 1. The quantitative estimate of drug-likeness (QED) is 0.692. The van der Waals surface area contributed by atoms with E-state index in [0.717, 1.165) is 12.4 Å². The molecule has 0 saturated heterocycles. The molecular formula is C12H22N4O2. The van der Waals surface area contributed by atoms with Gasteiger partial charge in [0.05, 0.1) is 13.2 Å². The Kier molecular flexibility index (Phi) is 6.38. The molecule has 1 aromatic heterocycles. The van der Waals surface area contributed by atoms with Gasteiger partial charge < -0.3 is 19.9 Å². The normalized spacial score (nSPS) is 12.4.